The molecule has 7 rings (SSSR count). The molecule has 4 aliphatic rings. The third-order valence-electron chi connectivity index (χ3n) is 12.3. The lowest BCUT2D eigenvalue weighted by Gasteiger charge is -2.46. The van der Waals surface area contributed by atoms with Crippen LogP contribution >= 0.6 is 11.6 Å². The van der Waals surface area contributed by atoms with Crippen LogP contribution in [0.3, 0.4) is 0 Å². The quantitative estimate of drug-likeness (QED) is 0.173. The first-order valence-electron chi connectivity index (χ1n) is 20.3. The number of amides is 2. The number of fused-ring (bicyclic) bond motifs is 3. The van der Waals surface area contributed by atoms with Gasteiger partial charge in [0.05, 0.1) is 41.2 Å². The number of ether oxygens (including phenoxy) is 4. The van der Waals surface area contributed by atoms with E-state index in [1.54, 1.807) is 46.0 Å². The van der Waals surface area contributed by atoms with Gasteiger partial charge in [0.25, 0.3) is 11.8 Å². The normalized spacial score (nSPS) is 24.6. The van der Waals surface area contributed by atoms with E-state index in [4.69, 9.17) is 36.3 Å². The molecule has 2 amide bonds. The Morgan fingerprint density at radius 1 is 1.17 bits per heavy atom. The van der Waals surface area contributed by atoms with Crippen molar-refractivity contribution in [2.45, 2.75) is 105 Å². The molecule has 0 bridgehead atoms. The van der Waals surface area contributed by atoms with E-state index in [-0.39, 0.29) is 57.4 Å². The van der Waals surface area contributed by atoms with Gasteiger partial charge in [-0.15, -0.1) is 17.5 Å². The van der Waals surface area contributed by atoms with E-state index >= 15 is 4.21 Å². The van der Waals surface area contributed by atoms with Crippen LogP contribution in [0.2, 0.25) is 5.02 Å². The summed E-state index contributed by atoms with van der Waals surface area (Å²) >= 11 is 6.53. The Balaban J connectivity index is 1.35. The Kier molecular flexibility index (Phi) is 12.3. The van der Waals surface area contributed by atoms with Crippen molar-refractivity contribution >= 4 is 38.8 Å². The lowest BCUT2D eigenvalue weighted by atomic mass is 9.68. The number of aromatic nitrogens is 2. The monoisotopic (exact) mass is 833 g/mol. The second-order valence-corrected chi connectivity index (χ2v) is 19.2. The number of carbonyl (C=O) groups excluding carboxylic acids is 2. The van der Waals surface area contributed by atoms with Crippen molar-refractivity contribution in [2.24, 2.45) is 29.0 Å². The third-order valence-corrected chi connectivity index (χ3v) is 14.9. The molecule has 0 radical (unpaired) electrons. The Morgan fingerprint density at radius 2 is 1.98 bits per heavy atom. The van der Waals surface area contributed by atoms with Crippen molar-refractivity contribution in [1.29, 1.82) is 0 Å². The van der Waals surface area contributed by atoms with Crippen LogP contribution in [0.5, 0.6) is 5.75 Å². The van der Waals surface area contributed by atoms with E-state index in [1.807, 2.05) is 12.1 Å². The average molecular weight is 834 g/mol. The Bertz CT molecular complexity index is 2210. The van der Waals surface area contributed by atoms with Gasteiger partial charge in [-0.1, -0.05) is 29.8 Å². The molecule has 3 aromatic rings. The van der Waals surface area contributed by atoms with E-state index < -0.39 is 27.1 Å². The fourth-order valence-corrected chi connectivity index (χ4v) is 11.6. The lowest BCUT2D eigenvalue weighted by molar-refractivity contribution is -0.197. The highest BCUT2D eigenvalue weighted by Crippen LogP contribution is 2.48. The summed E-state index contributed by atoms with van der Waals surface area (Å²) in [4.78, 5) is 29.6. The van der Waals surface area contributed by atoms with Gasteiger partial charge >= 0.3 is 0 Å². The molecule has 1 saturated carbocycles. The number of benzene rings is 2. The molecule has 3 heterocycles. The molecule has 2 fully saturated rings. The van der Waals surface area contributed by atoms with Crippen LogP contribution in [-0.2, 0) is 47.6 Å². The molecule has 1 spiro atoms. The summed E-state index contributed by atoms with van der Waals surface area (Å²) in [5.74, 6) is -0.528. The third kappa shape index (κ3) is 8.12. The maximum Gasteiger partial charge on any atom is 0.286 e. The van der Waals surface area contributed by atoms with E-state index in [0.29, 0.717) is 42.8 Å². The second-order valence-electron chi connectivity index (χ2n) is 16.7. The number of carbonyl (C=O) groups is 2. The number of aryl methyl sites for hydroxylation is 3. The molecule has 1 saturated heterocycles. The van der Waals surface area contributed by atoms with Crippen LogP contribution in [-0.4, -0.2) is 76.7 Å². The van der Waals surface area contributed by atoms with Gasteiger partial charge in [-0.05, 0) is 125 Å². The van der Waals surface area contributed by atoms with Gasteiger partial charge in [-0.25, -0.2) is 4.21 Å². The summed E-state index contributed by atoms with van der Waals surface area (Å²) in [6.07, 6.45) is 10.8. The highest BCUT2D eigenvalue weighted by Gasteiger charge is 2.45. The number of nitrogens with two attached hydrogens (primary N) is 1. The highest BCUT2D eigenvalue weighted by atomic mass is 35.5. The van der Waals surface area contributed by atoms with Crippen molar-refractivity contribution in [3.63, 3.8) is 0 Å². The number of halogens is 1. The number of primary amides is 1. The molecule has 58 heavy (non-hydrogen) atoms. The fourth-order valence-electron chi connectivity index (χ4n) is 9.13. The van der Waals surface area contributed by atoms with Crippen LogP contribution < -0.4 is 15.4 Å². The maximum absolute atomic E-state index is 15.9. The van der Waals surface area contributed by atoms with Crippen LogP contribution in [0, 0.1) is 18.8 Å². The molecule has 2 aliphatic carbocycles. The minimum absolute atomic E-state index is 0.0527. The number of rotatable bonds is 13. The molecule has 12 nitrogen and oxygen atoms in total. The van der Waals surface area contributed by atoms with Gasteiger partial charge < -0.3 is 29.6 Å². The molecule has 2 N–H and O–H groups in total. The van der Waals surface area contributed by atoms with Crippen LogP contribution in [0.4, 0.5) is 5.69 Å². The minimum atomic E-state index is -3.93. The minimum Gasteiger partial charge on any atom is -0.490 e. The summed E-state index contributed by atoms with van der Waals surface area (Å²) in [5, 5.41) is 5.07. The van der Waals surface area contributed by atoms with E-state index in [9.17, 15) is 9.59 Å². The van der Waals surface area contributed by atoms with Crippen molar-refractivity contribution in [3.8, 4) is 5.75 Å². The molecular formula is C44H56ClN5O7S. The topological polar surface area (TPSA) is 148 Å². The molecule has 312 valence electrons. The molecular weight excluding hydrogens is 778 g/mol. The summed E-state index contributed by atoms with van der Waals surface area (Å²) in [5.41, 5.74) is 7.45. The molecule has 6 atom stereocenters. The van der Waals surface area contributed by atoms with Crippen LogP contribution in [0.15, 0.2) is 76.0 Å². The van der Waals surface area contributed by atoms with Crippen LogP contribution in [0.1, 0.15) is 86.0 Å². The summed E-state index contributed by atoms with van der Waals surface area (Å²) in [6, 6.07) is 11.4. The van der Waals surface area contributed by atoms with Gasteiger partial charge in [0.1, 0.15) is 21.1 Å². The summed E-state index contributed by atoms with van der Waals surface area (Å²) in [7, 11) is -2.37. The maximum atomic E-state index is 15.9. The second kappa shape index (κ2) is 16.9. The molecule has 2 unspecified atom stereocenters. The van der Waals surface area contributed by atoms with Gasteiger partial charge in [0.2, 0.25) is 0 Å². The lowest BCUT2D eigenvalue weighted by Crippen LogP contribution is -2.50. The van der Waals surface area contributed by atoms with Crippen LogP contribution in [0.25, 0.3) is 0 Å². The van der Waals surface area contributed by atoms with Gasteiger partial charge in [-0.2, -0.15) is 5.10 Å². The van der Waals surface area contributed by atoms with Crippen molar-refractivity contribution in [1.82, 2.24) is 9.78 Å². The zero-order valence-corrected chi connectivity index (χ0v) is 35.6. The molecule has 1 aromatic heterocycles. The molecule has 2 aliphatic heterocycles. The standard InChI is InChI=1S/C44H56ClN5O7S/c1-7-21-56-43(4,5)42(52)48-58(53,41-39(40(46)51)28(3)47-49(41)6)32-16-19-37-35(24-32)50(25-30-14-17-33(30)36(8-2)57-38-13-9-10-22-54-38)26-44(27-55-37)20-11-12-29-23-31(45)15-18-34(29)44/h7-8,15-16,18-19,23-24,30,33,36,38H,1-2,9-14,17,20-22,25-27H2,3-6H3,(H2,46,51)/t30-,33+,36-,38?,44-,58?/m0/s1. The van der Waals surface area contributed by atoms with E-state index in [0.717, 1.165) is 51.4 Å². The predicted octanol–water partition coefficient (Wildman–Crippen LogP) is 7.47. The van der Waals surface area contributed by atoms with Crippen molar-refractivity contribution in [2.75, 3.05) is 37.8 Å². The first-order chi connectivity index (χ1) is 27.7. The molecule has 14 heteroatoms. The largest absolute Gasteiger partial charge is 0.490 e. The van der Waals surface area contributed by atoms with Gasteiger partial charge in [0, 0.05) is 37.2 Å². The van der Waals surface area contributed by atoms with E-state index in [2.05, 4.69) is 39.7 Å². The smallest absolute Gasteiger partial charge is 0.286 e. The zero-order chi connectivity index (χ0) is 41.4. The number of anilines is 1. The Labute approximate surface area is 347 Å². The zero-order valence-electron chi connectivity index (χ0n) is 34.0. The predicted molar refractivity (Wildman–Crippen MR) is 224 cm³/mol. The first kappa shape index (κ1) is 42.1. The SMILES string of the molecule is C=CCOC(C)(C)C(=O)N=S(=O)(c1ccc2c(c1)N(C[C@@H]1CC[C@H]1[C@H](C=C)OC1CCCCO1)C[C@@]1(CCCc3cc(Cl)ccc31)CO2)c1c(C(N)=O)c(C)nn1C. The number of hydrogen-bond acceptors (Lipinski definition) is 9. The number of nitrogens with zero attached hydrogens (tertiary/aromatic N) is 4. The van der Waals surface area contributed by atoms with Crippen molar-refractivity contribution in [3.05, 3.63) is 89.1 Å². The average Bonchev–Trinajstić information content (AvgIpc) is 3.42. The Morgan fingerprint density at radius 3 is 2.67 bits per heavy atom. The first-order valence-corrected chi connectivity index (χ1v) is 22.2. The van der Waals surface area contributed by atoms with Gasteiger partial charge in [-0.3, -0.25) is 14.3 Å². The van der Waals surface area contributed by atoms with Crippen molar-refractivity contribution < 1.29 is 32.7 Å². The van der Waals surface area contributed by atoms with E-state index in [1.165, 1.54) is 21.9 Å². The molecule has 2 aromatic carbocycles. The fraction of sp³-hybridized carbons (Fsp3) is 0.523. The summed E-state index contributed by atoms with van der Waals surface area (Å²) < 4.78 is 46.7. The van der Waals surface area contributed by atoms with Gasteiger partial charge in [0.15, 0.2) is 11.3 Å². The Hall–Kier alpha value is -4.01. The number of hydrogen-bond donors (Lipinski definition) is 1. The summed E-state index contributed by atoms with van der Waals surface area (Å²) in [6.45, 7) is 15.1. The highest BCUT2D eigenvalue weighted by molar-refractivity contribution is 7.94.